The first-order valence-electron chi connectivity index (χ1n) is 8.96. The van der Waals surface area contributed by atoms with Gasteiger partial charge in [-0.05, 0) is 64.2 Å². The molecule has 3 heteroatoms. The second-order valence-electron chi connectivity index (χ2n) is 8.12. The Morgan fingerprint density at radius 2 is 1.71 bits per heavy atom. The Labute approximate surface area is 153 Å². The van der Waals surface area contributed by atoms with Gasteiger partial charge >= 0.3 is 0 Å². The van der Waals surface area contributed by atoms with Gasteiger partial charge in [0.1, 0.15) is 0 Å². The topological polar surface area (TPSA) is 47.5 Å². The standard InChI is InChI=1S/C18H33O.C3H9N.H3N/c1-8-10-17(16(9-2)13-15(3)4)14-19-12-11-18(5,6)7;1-4(2)3;/h15,17H,2,5,8,10-14H2,1,3-4,6-7H3;1-3H3;1H3. The smallest absolute Gasteiger partial charge is 0.0537 e. The van der Waals surface area contributed by atoms with Crippen LogP contribution in [0.25, 0.3) is 0 Å². The van der Waals surface area contributed by atoms with E-state index in [1.54, 1.807) is 0 Å². The highest BCUT2D eigenvalue weighted by Crippen LogP contribution is 2.24. The van der Waals surface area contributed by atoms with Crippen LogP contribution in [0, 0.1) is 24.2 Å². The molecule has 0 amide bonds. The van der Waals surface area contributed by atoms with Crippen LogP contribution in [0.15, 0.2) is 17.9 Å². The van der Waals surface area contributed by atoms with E-state index in [1.807, 2.05) is 26.0 Å². The molecule has 24 heavy (non-hydrogen) atoms. The second-order valence-corrected chi connectivity index (χ2v) is 8.12. The molecule has 0 spiro atoms. The van der Waals surface area contributed by atoms with Crippen molar-refractivity contribution < 1.29 is 4.74 Å². The number of hydrogen-bond donors (Lipinski definition) is 1. The summed E-state index contributed by atoms with van der Waals surface area (Å²) in [5.74, 6) is 1.14. The van der Waals surface area contributed by atoms with Crippen molar-refractivity contribution in [2.75, 3.05) is 34.4 Å². The number of hydrogen-bond acceptors (Lipinski definition) is 3. The average Bonchev–Trinajstić information content (AvgIpc) is 2.37. The van der Waals surface area contributed by atoms with Gasteiger partial charge < -0.3 is 15.8 Å². The van der Waals surface area contributed by atoms with E-state index >= 15 is 0 Å². The van der Waals surface area contributed by atoms with Crippen LogP contribution < -0.4 is 6.15 Å². The molecule has 0 aromatic carbocycles. The van der Waals surface area contributed by atoms with E-state index in [0.29, 0.717) is 11.8 Å². The van der Waals surface area contributed by atoms with Crippen molar-refractivity contribution >= 4 is 0 Å². The van der Waals surface area contributed by atoms with Crippen LogP contribution in [-0.2, 0) is 4.74 Å². The quantitative estimate of drug-likeness (QED) is 0.405. The maximum Gasteiger partial charge on any atom is 0.0537 e. The summed E-state index contributed by atoms with van der Waals surface area (Å²) in [4.78, 5) is 2.00. The minimum Gasteiger partial charge on any atom is -0.381 e. The fourth-order valence-electron chi connectivity index (χ4n) is 2.10. The minimum absolute atomic E-state index is 0. The van der Waals surface area contributed by atoms with Gasteiger partial charge in [-0.25, -0.2) is 0 Å². The Bertz CT molecular complexity index is 320. The Morgan fingerprint density at radius 1 is 1.21 bits per heavy atom. The molecule has 1 unspecified atom stereocenters. The molecule has 3 nitrogen and oxygen atoms in total. The summed E-state index contributed by atoms with van der Waals surface area (Å²) in [7, 11) is 6.00. The molecular weight excluding hydrogens is 296 g/mol. The van der Waals surface area contributed by atoms with Crippen molar-refractivity contribution in [3.05, 3.63) is 24.8 Å². The molecule has 0 heterocycles. The largest absolute Gasteiger partial charge is 0.381 e. The first-order chi connectivity index (χ1) is 10.5. The molecule has 1 atom stereocenters. The Morgan fingerprint density at radius 3 is 2.04 bits per heavy atom. The molecular formula is C21H45N2O. The zero-order valence-corrected chi connectivity index (χ0v) is 17.9. The lowest BCUT2D eigenvalue weighted by atomic mass is 9.89. The van der Waals surface area contributed by atoms with Crippen molar-refractivity contribution in [2.45, 2.75) is 60.3 Å². The molecule has 0 aromatic heterocycles. The summed E-state index contributed by atoms with van der Waals surface area (Å²) >= 11 is 0. The van der Waals surface area contributed by atoms with Gasteiger partial charge in [0.05, 0.1) is 6.61 Å². The fraction of sp³-hybridized carbons (Fsp3) is 0.810. The van der Waals surface area contributed by atoms with Crippen LogP contribution in [0.3, 0.4) is 0 Å². The Hall–Kier alpha value is -0.600. The van der Waals surface area contributed by atoms with Gasteiger partial charge in [0.25, 0.3) is 0 Å². The van der Waals surface area contributed by atoms with Gasteiger partial charge in [-0.1, -0.05) is 47.6 Å². The summed E-state index contributed by atoms with van der Waals surface area (Å²) in [5, 5.41) is 0. The van der Waals surface area contributed by atoms with Gasteiger partial charge in [-0.3, -0.25) is 0 Å². The van der Waals surface area contributed by atoms with E-state index in [9.17, 15) is 0 Å². The van der Waals surface area contributed by atoms with E-state index in [4.69, 9.17) is 4.74 Å². The van der Waals surface area contributed by atoms with Gasteiger partial charge in [-0.15, -0.1) is 5.73 Å². The van der Waals surface area contributed by atoms with Crippen LogP contribution in [0.5, 0.6) is 0 Å². The third-order valence-electron chi connectivity index (χ3n) is 3.23. The van der Waals surface area contributed by atoms with E-state index in [0.717, 1.165) is 26.1 Å². The van der Waals surface area contributed by atoms with E-state index in [1.165, 1.54) is 18.4 Å². The highest BCUT2D eigenvalue weighted by atomic mass is 16.5. The van der Waals surface area contributed by atoms with Gasteiger partial charge in [0, 0.05) is 12.5 Å². The van der Waals surface area contributed by atoms with Crippen LogP contribution in [0.1, 0.15) is 60.3 Å². The molecule has 0 aliphatic heterocycles. The molecule has 0 aromatic rings. The van der Waals surface area contributed by atoms with Crippen LogP contribution in [0.2, 0.25) is 0 Å². The number of ether oxygens (including phenoxy) is 1. The van der Waals surface area contributed by atoms with E-state index in [2.05, 4.69) is 53.9 Å². The normalized spacial score (nSPS) is 12.1. The second kappa shape index (κ2) is 15.9. The van der Waals surface area contributed by atoms with Gasteiger partial charge in [-0.2, -0.15) is 0 Å². The number of rotatable bonds is 10. The highest BCUT2D eigenvalue weighted by Gasteiger charge is 2.16. The molecule has 3 N–H and O–H groups in total. The monoisotopic (exact) mass is 341 g/mol. The van der Waals surface area contributed by atoms with Crippen molar-refractivity contribution in [2.24, 2.45) is 17.3 Å². The summed E-state index contributed by atoms with van der Waals surface area (Å²) < 4.78 is 5.86. The van der Waals surface area contributed by atoms with E-state index in [-0.39, 0.29) is 11.6 Å². The fourth-order valence-corrected chi connectivity index (χ4v) is 2.10. The maximum absolute atomic E-state index is 5.86. The highest BCUT2D eigenvalue weighted by molar-refractivity contribution is 5.05. The molecule has 0 rings (SSSR count). The molecule has 0 saturated carbocycles. The molecule has 145 valence electrons. The third kappa shape index (κ3) is 21.4. The van der Waals surface area contributed by atoms with Crippen molar-refractivity contribution in [3.8, 4) is 0 Å². The number of nitrogens with zero attached hydrogens (tertiary/aromatic N) is 1. The third-order valence-corrected chi connectivity index (χ3v) is 3.23. The van der Waals surface area contributed by atoms with Gasteiger partial charge in [0.15, 0.2) is 0 Å². The summed E-state index contributed by atoms with van der Waals surface area (Å²) in [6.45, 7) is 20.6. The van der Waals surface area contributed by atoms with Crippen molar-refractivity contribution in [3.63, 3.8) is 0 Å². The zero-order chi connectivity index (χ0) is 18.5. The Balaban J connectivity index is -0.000000787. The van der Waals surface area contributed by atoms with Crippen LogP contribution in [0.4, 0.5) is 0 Å². The minimum atomic E-state index is 0. The zero-order valence-electron chi connectivity index (χ0n) is 17.9. The lowest BCUT2D eigenvalue weighted by Crippen LogP contribution is -2.16. The predicted molar refractivity (Wildman–Crippen MR) is 110 cm³/mol. The maximum atomic E-state index is 5.86. The van der Waals surface area contributed by atoms with E-state index < -0.39 is 0 Å². The van der Waals surface area contributed by atoms with Crippen LogP contribution >= 0.6 is 0 Å². The summed E-state index contributed by atoms with van der Waals surface area (Å²) in [5.41, 5.74) is 4.59. The van der Waals surface area contributed by atoms with Crippen molar-refractivity contribution in [1.29, 1.82) is 0 Å². The van der Waals surface area contributed by atoms with Crippen LogP contribution in [-0.4, -0.2) is 39.3 Å². The first-order valence-corrected chi connectivity index (χ1v) is 8.96. The lowest BCUT2D eigenvalue weighted by molar-refractivity contribution is 0.0884. The molecule has 0 saturated heterocycles. The average molecular weight is 342 g/mol. The lowest BCUT2D eigenvalue weighted by Gasteiger charge is -2.22. The molecule has 0 aliphatic rings. The molecule has 0 fully saturated rings. The predicted octanol–water partition coefficient (Wildman–Crippen LogP) is 5.77. The Kier molecular flexibility index (Phi) is 18.7. The van der Waals surface area contributed by atoms with Crippen molar-refractivity contribution in [1.82, 2.24) is 11.1 Å². The summed E-state index contributed by atoms with van der Waals surface area (Å²) in [6, 6.07) is 0. The van der Waals surface area contributed by atoms with Gasteiger partial charge in [0.2, 0.25) is 0 Å². The SMILES string of the molecule is CN(C)C.N.[CH2]C(C)(C)CCOCC(CCC)C(=C=C)CC(C)C. The molecule has 0 bridgehead atoms. The summed E-state index contributed by atoms with van der Waals surface area (Å²) in [6.07, 6.45) is 4.43. The molecule has 0 aliphatic carbocycles. The first kappa shape index (κ1) is 28.2. The molecule has 1 radical (unpaired) electrons.